The molecule has 0 bridgehead atoms. The minimum absolute atomic E-state index is 0.410. The lowest BCUT2D eigenvalue weighted by atomic mass is 10.4. The summed E-state index contributed by atoms with van der Waals surface area (Å²) in [6.07, 6.45) is 4.97. The van der Waals surface area contributed by atoms with Gasteiger partial charge in [0.25, 0.3) is 0 Å². The summed E-state index contributed by atoms with van der Waals surface area (Å²) < 4.78 is 0. The van der Waals surface area contributed by atoms with E-state index in [1.165, 1.54) is 0 Å². The second-order valence-corrected chi connectivity index (χ2v) is 2.42. The lowest BCUT2D eigenvalue weighted by molar-refractivity contribution is 0.827. The van der Waals surface area contributed by atoms with Crippen LogP contribution in [0.4, 0.5) is 0 Å². The highest BCUT2D eigenvalue weighted by atomic mass is 15.0. The first-order valence-electron chi connectivity index (χ1n) is 3.27. The Morgan fingerprint density at radius 2 is 2.44 bits per heavy atom. The normalized spacial score (nSPS) is 21.4. The molecule has 0 amide bonds. The van der Waals surface area contributed by atoms with E-state index in [2.05, 4.69) is 30.2 Å². The first-order chi connectivity index (χ1) is 4.29. The summed E-state index contributed by atoms with van der Waals surface area (Å²) >= 11 is 0. The predicted molar refractivity (Wildman–Crippen MR) is 39.5 cm³/mol. The second-order valence-electron chi connectivity index (χ2n) is 2.42. The van der Waals surface area contributed by atoms with Crippen molar-refractivity contribution >= 4 is 5.84 Å². The maximum absolute atomic E-state index is 4.32. The summed E-state index contributed by atoms with van der Waals surface area (Å²) in [6, 6.07) is 0.410. The van der Waals surface area contributed by atoms with Gasteiger partial charge in [-0.25, -0.2) is 0 Å². The van der Waals surface area contributed by atoms with E-state index in [1.54, 1.807) is 0 Å². The fourth-order valence-electron chi connectivity index (χ4n) is 0.786. The van der Waals surface area contributed by atoms with Crippen molar-refractivity contribution in [2.45, 2.75) is 26.3 Å². The molecule has 1 aliphatic heterocycles. The van der Waals surface area contributed by atoms with Crippen LogP contribution in [0.1, 0.15) is 20.3 Å². The van der Waals surface area contributed by atoms with Gasteiger partial charge in [-0.2, -0.15) is 0 Å². The smallest absolute Gasteiger partial charge is 0.104 e. The summed E-state index contributed by atoms with van der Waals surface area (Å²) in [5, 5.41) is 3.06. The summed E-state index contributed by atoms with van der Waals surface area (Å²) in [5.41, 5.74) is 0. The van der Waals surface area contributed by atoms with Crippen LogP contribution >= 0.6 is 0 Å². The molecule has 2 heteroatoms. The van der Waals surface area contributed by atoms with Crippen LogP contribution in [0, 0.1) is 0 Å². The highest BCUT2D eigenvalue weighted by molar-refractivity contribution is 5.86. The van der Waals surface area contributed by atoms with Crippen LogP contribution in [-0.2, 0) is 0 Å². The number of nitrogens with zero attached hydrogens (tertiary/aromatic N) is 1. The largest absolute Gasteiger partial charge is 0.350 e. The topological polar surface area (TPSA) is 24.4 Å². The zero-order valence-electron chi connectivity index (χ0n) is 5.89. The number of nitrogens with one attached hydrogen (secondary N) is 1. The molecule has 1 aliphatic rings. The predicted octanol–water partition coefficient (Wildman–Crippen LogP) is 1.30. The Morgan fingerprint density at radius 3 is 2.89 bits per heavy atom. The van der Waals surface area contributed by atoms with E-state index in [0.29, 0.717) is 6.04 Å². The zero-order chi connectivity index (χ0) is 6.69. The molecule has 0 saturated carbocycles. The molecule has 0 spiro atoms. The molecule has 1 heterocycles. The Bertz CT molecular complexity index is 135. The van der Waals surface area contributed by atoms with E-state index in [9.17, 15) is 0 Å². The van der Waals surface area contributed by atoms with Crippen LogP contribution in [-0.4, -0.2) is 11.9 Å². The first kappa shape index (κ1) is 6.33. The third-order valence-corrected chi connectivity index (χ3v) is 1.09. The number of hydrogen-bond acceptors (Lipinski definition) is 1. The van der Waals surface area contributed by atoms with E-state index in [-0.39, 0.29) is 0 Å². The average Bonchev–Trinajstić information content (AvgIpc) is 2.15. The molecule has 0 fully saturated rings. The van der Waals surface area contributed by atoms with Crippen molar-refractivity contribution < 1.29 is 0 Å². The van der Waals surface area contributed by atoms with Gasteiger partial charge in [0.1, 0.15) is 5.84 Å². The fourth-order valence-corrected chi connectivity index (χ4v) is 0.786. The summed E-state index contributed by atoms with van der Waals surface area (Å²) in [5.74, 6) is 1.09. The Labute approximate surface area is 55.7 Å². The van der Waals surface area contributed by atoms with Crippen LogP contribution < -0.4 is 5.32 Å². The minimum Gasteiger partial charge on any atom is -0.350 e. The molecule has 1 rings (SSSR count). The molecule has 0 aromatic rings. The first-order valence-corrected chi connectivity index (χ1v) is 3.27. The third kappa shape index (κ3) is 1.88. The van der Waals surface area contributed by atoms with Crippen molar-refractivity contribution in [1.29, 1.82) is 0 Å². The van der Waals surface area contributed by atoms with Crippen molar-refractivity contribution in [3.8, 4) is 0 Å². The van der Waals surface area contributed by atoms with Crippen molar-refractivity contribution in [2.24, 2.45) is 4.99 Å². The van der Waals surface area contributed by atoms with Crippen LogP contribution in [0.2, 0.25) is 0 Å². The van der Waals surface area contributed by atoms with Crippen LogP contribution in [0.25, 0.3) is 0 Å². The number of aliphatic imine (C=N–C) groups is 1. The van der Waals surface area contributed by atoms with E-state index in [4.69, 9.17) is 0 Å². The van der Waals surface area contributed by atoms with Gasteiger partial charge >= 0.3 is 0 Å². The molecule has 0 aromatic heterocycles. The molecule has 0 aromatic carbocycles. The maximum atomic E-state index is 4.32. The highest BCUT2D eigenvalue weighted by Gasteiger charge is 1.99. The van der Waals surface area contributed by atoms with Crippen LogP contribution in [0.3, 0.4) is 0 Å². The second kappa shape index (κ2) is 2.67. The quantitative estimate of drug-likeness (QED) is 0.559. The summed E-state index contributed by atoms with van der Waals surface area (Å²) in [4.78, 5) is 4.32. The minimum atomic E-state index is 0.410. The Hall–Kier alpha value is -0.790. The number of amidine groups is 1. The van der Waals surface area contributed by atoms with E-state index >= 15 is 0 Å². The number of hydrogen-bond donors (Lipinski definition) is 1. The SMILES string of the molecule is CC(C)N=C1CC=CN1. The van der Waals surface area contributed by atoms with Gasteiger partial charge in [0, 0.05) is 12.5 Å². The molecule has 1 N–H and O–H groups in total. The monoisotopic (exact) mass is 124 g/mol. The average molecular weight is 124 g/mol. The molecule has 0 radical (unpaired) electrons. The molecule has 2 nitrogen and oxygen atoms in total. The Morgan fingerprint density at radius 1 is 1.67 bits per heavy atom. The molecule has 50 valence electrons. The maximum Gasteiger partial charge on any atom is 0.104 e. The summed E-state index contributed by atoms with van der Waals surface area (Å²) in [6.45, 7) is 4.15. The van der Waals surface area contributed by atoms with Crippen molar-refractivity contribution in [3.63, 3.8) is 0 Å². The lowest BCUT2D eigenvalue weighted by Gasteiger charge is -1.99. The summed E-state index contributed by atoms with van der Waals surface area (Å²) in [7, 11) is 0. The Kier molecular flexibility index (Phi) is 1.88. The third-order valence-electron chi connectivity index (χ3n) is 1.09. The standard InChI is InChI=1S/C7H12N2/c1-6(2)9-7-4-3-5-8-7/h3,5-6H,4H2,1-2H3,(H,8,9). The lowest BCUT2D eigenvalue weighted by Crippen LogP contribution is -2.12. The van der Waals surface area contributed by atoms with Crippen molar-refractivity contribution in [2.75, 3.05) is 0 Å². The molecule has 0 saturated heterocycles. The Balaban J connectivity index is 2.43. The van der Waals surface area contributed by atoms with E-state index in [1.807, 2.05) is 6.20 Å². The van der Waals surface area contributed by atoms with E-state index in [0.717, 1.165) is 12.3 Å². The van der Waals surface area contributed by atoms with Crippen molar-refractivity contribution in [1.82, 2.24) is 5.32 Å². The molecule has 0 unspecified atom stereocenters. The van der Waals surface area contributed by atoms with Gasteiger partial charge in [-0.3, -0.25) is 4.99 Å². The highest BCUT2D eigenvalue weighted by Crippen LogP contribution is 1.96. The van der Waals surface area contributed by atoms with Gasteiger partial charge < -0.3 is 5.32 Å². The van der Waals surface area contributed by atoms with Gasteiger partial charge in [-0.05, 0) is 20.0 Å². The van der Waals surface area contributed by atoms with Gasteiger partial charge in [0.05, 0.1) is 0 Å². The molecular weight excluding hydrogens is 112 g/mol. The van der Waals surface area contributed by atoms with Crippen LogP contribution in [0.15, 0.2) is 17.3 Å². The van der Waals surface area contributed by atoms with Crippen molar-refractivity contribution in [3.05, 3.63) is 12.3 Å². The molecule has 9 heavy (non-hydrogen) atoms. The van der Waals surface area contributed by atoms with E-state index < -0.39 is 0 Å². The number of rotatable bonds is 1. The van der Waals surface area contributed by atoms with Gasteiger partial charge in [0.15, 0.2) is 0 Å². The van der Waals surface area contributed by atoms with Gasteiger partial charge in [-0.15, -0.1) is 0 Å². The zero-order valence-corrected chi connectivity index (χ0v) is 5.89. The fraction of sp³-hybridized carbons (Fsp3) is 0.571. The van der Waals surface area contributed by atoms with Crippen LogP contribution in [0.5, 0.6) is 0 Å². The molecule has 0 aliphatic carbocycles. The van der Waals surface area contributed by atoms with Gasteiger partial charge in [-0.1, -0.05) is 6.08 Å². The molecule has 0 atom stereocenters. The van der Waals surface area contributed by atoms with Gasteiger partial charge in [0.2, 0.25) is 0 Å². The molecular formula is C7H12N2.